The van der Waals surface area contributed by atoms with Crippen molar-refractivity contribution in [3.05, 3.63) is 39.9 Å². The Kier molecular flexibility index (Phi) is 3.96. The van der Waals surface area contributed by atoms with Crippen LogP contribution in [0.4, 0.5) is 0 Å². The van der Waals surface area contributed by atoms with Gasteiger partial charge in [0.15, 0.2) is 5.69 Å². The molecule has 2 rings (SSSR count). The number of rotatable bonds is 5. The summed E-state index contributed by atoms with van der Waals surface area (Å²) in [4.78, 5) is 25.5. The Morgan fingerprint density at radius 1 is 1.53 bits per heavy atom. The molecule has 19 heavy (non-hydrogen) atoms. The molecule has 2 aromatic rings. The summed E-state index contributed by atoms with van der Waals surface area (Å²) in [6.07, 6.45) is 0. The Morgan fingerprint density at radius 3 is 2.84 bits per heavy atom. The van der Waals surface area contributed by atoms with Crippen LogP contribution in [0, 0.1) is 0 Å². The molecule has 2 heterocycles. The lowest BCUT2D eigenvalue weighted by Gasteiger charge is -2.18. The minimum atomic E-state index is -1.24. The molecular formula is C12H12N2O4S. The summed E-state index contributed by atoms with van der Waals surface area (Å²) < 4.78 is 4.58. The third-order valence-electron chi connectivity index (χ3n) is 2.54. The fraction of sp³-hybridized carbons (Fsp3) is 0.250. The summed E-state index contributed by atoms with van der Waals surface area (Å²) in [7, 11) is 0. The summed E-state index contributed by atoms with van der Waals surface area (Å²) >= 11 is 1.56. The van der Waals surface area contributed by atoms with Crippen LogP contribution in [-0.4, -0.2) is 33.6 Å². The monoisotopic (exact) mass is 280 g/mol. The van der Waals surface area contributed by atoms with E-state index in [-0.39, 0.29) is 17.4 Å². The Balaban J connectivity index is 2.13. The van der Waals surface area contributed by atoms with E-state index in [2.05, 4.69) is 9.68 Å². The molecule has 0 unspecified atom stereocenters. The van der Waals surface area contributed by atoms with E-state index in [1.807, 2.05) is 24.4 Å². The van der Waals surface area contributed by atoms with Gasteiger partial charge < -0.3 is 14.5 Å². The zero-order chi connectivity index (χ0) is 13.8. The lowest BCUT2D eigenvalue weighted by Crippen LogP contribution is -2.30. The predicted octanol–water partition coefficient (Wildman–Crippen LogP) is 2.10. The number of aromatic carboxylic acids is 1. The van der Waals surface area contributed by atoms with Gasteiger partial charge in [0.2, 0.25) is 5.76 Å². The first kappa shape index (κ1) is 13.3. The van der Waals surface area contributed by atoms with E-state index in [1.54, 1.807) is 16.2 Å². The van der Waals surface area contributed by atoms with Crippen LogP contribution in [0.1, 0.15) is 32.8 Å². The predicted molar refractivity (Wildman–Crippen MR) is 68.2 cm³/mol. The number of carboxylic acids is 1. The van der Waals surface area contributed by atoms with Crippen LogP contribution in [-0.2, 0) is 6.54 Å². The Hall–Kier alpha value is -2.15. The molecule has 100 valence electrons. The minimum Gasteiger partial charge on any atom is -0.475 e. The Morgan fingerprint density at radius 2 is 2.32 bits per heavy atom. The summed E-state index contributed by atoms with van der Waals surface area (Å²) in [6.45, 7) is 2.83. The van der Waals surface area contributed by atoms with Gasteiger partial charge in [-0.3, -0.25) is 4.79 Å². The summed E-state index contributed by atoms with van der Waals surface area (Å²) in [6, 6.07) is 4.99. The quantitative estimate of drug-likeness (QED) is 0.906. The van der Waals surface area contributed by atoms with Crippen molar-refractivity contribution in [3.8, 4) is 0 Å². The van der Waals surface area contributed by atoms with E-state index < -0.39 is 5.97 Å². The second-order valence-corrected chi connectivity index (χ2v) is 4.81. The normalized spacial score (nSPS) is 10.4. The third-order valence-corrected chi connectivity index (χ3v) is 3.40. The van der Waals surface area contributed by atoms with Crippen LogP contribution in [0.5, 0.6) is 0 Å². The first-order valence-corrected chi connectivity index (χ1v) is 6.51. The lowest BCUT2D eigenvalue weighted by atomic mass is 10.3. The topological polar surface area (TPSA) is 83.6 Å². The molecule has 7 heteroatoms. The number of carbonyl (C=O) groups is 2. The number of carboxylic acid groups (broad SMARTS) is 1. The molecule has 0 bridgehead atoms. The Bertz CT molecular complexity index is 576. The molecule has 1 N–H and O–H groups in total. The van der Waals surface area contributed by atoms with Gasteiger partial charge >= 0.3 is 5.97 Å². The molecule has 2 aromatic heterocycles. The maximum absolute atomic E-state index is 12.2. The number of amides is 1. The van der Waals surface area contributed by atoms with Crippen molar-refractivity contribution < 1.29 is 19.2 Å². The van der Waals surface area contributed by atoms with Crippen molar-refractivity contribution in [3.63, 3.8) is 0 Å². The van der Waals surface area contributed by atoms with Crippen LogP contribution in [0.15, 0.2) is 28.1 Å². The highest BCUT2D eigenvalue weighted by Crippen LogP contribution is 2.14. The fourth-order valence-corrected chi connectivity index (χ4v) is 2.28. The molecule has 0 aliphatic rings. The molecule has 0 aromatic carbocycles. The molecule has 0 saturated heterocycles. The molecular weight excluding hydrogens is 268 g/mol. The van der Waals surface area contributed by atoms with Crippen molar-refractivity contribution in [1.82, 2.24) is 10.1 Å². The summed E-state index contributed by atoms with van der Waals surface area (Å²) in [5.74, 6) is -1.92. The van der Waals surface area contributed by atoms with E-state index in [1.165, 1.54) is 0 Å². The van der Waals surface area contributed by atoms with Crippen LogP contribution in [0.25, 0.3) is 0 Å². The van der Waals surface area contributed by atoms with Crippen LogP contribution >= 0.6 is 11.3 Å². The van der Waals surface area contributed by atoms with Gasteiger partial charge in [-0.1, -0.05) is 11.2 Å². The largest absolute Gasteiger partial charge is 0.475 e. The highest BCUT2D eigenvalue weighted by atomic mass is 32.1. The molecule has 0 aliphatic carbocycles. The Labute approximate surface area is 113 Å². The summed E-state index contributed by atoms with van der Waals surface area (Å²) in [5, 5.41) is 14.2. The molecule has 0 spiro atoms. The maximum atomic E-state index is 12.2. The van der Waals surface area contributed by atoms with Gasteiger partial charge in [0, 0.05) is 17.5 Å². The molecule has 6 nitrogen and oxygen atoms in total. The van der Waals surface area contributed by atoms with Gasteiger partial charge in [0.25, 0.3) is 5.91 Å². The number of carbonyl (C=O) groups excluding carboxylic acids is 1. The standard InChI is InChI=1S/C12H12N2O4S/c1-2-14(7-8-4-3-5-19-8)11(15)9-6-10(12(16)17)18-13-9/h3-6H,2,7H2,1H3,(H,16,17). The van der Waals surface area contributed by atoms with Crippen molar-refractivity contribution in [2.75, 3.05) is 6.54 Å². The molecule has 0 radical (unpaired) electrons. The molecule has 0 fully saturated rings. The second kappa shape index (κ2) is 5.66. The van der Waals surface area contributed by atoms with Gasteiger partial charge in [-0.05, 0) is 18.4 Å². The minimum absolute atomic E-state index is 0.0100. The second-order valence-electron chi connectivity index (χ2n) is 3.78. The van der Waals surface area contributed by atoms with Gasteiger partial charge in [-0.25, -0.2) is 4.79 Å². The van der Waals surface area contributed by atoms with Crippen molar-refractivity contribution >= 4 is 23.2 Å². The number of thiophene rings is 1. The number of nitrogens with zero attached hydrogens (tertiary/aromatic N) is 2. The van der Waals surface area contributed by atoms with Crippen molar-refractivity contribution in [1.29, 1.82) is 0 Å². The highest BCUT2D eigenvalue weighted by molar-refractivity contribution is 7.09. The first-order chi connectivity index (χ1) is 9.11. The van der Waals surface area contributed by atoms with E-state index >= 15 is 0 Å². The fourth-order valence-electron chi connectivity index (χ4n) is 1.56. The van der Waals surface area contributed by atoms with Gasteiger partial charge in [0.05, 0.1) is 6.54 Å². The van der Waals surface area contributed by atoms with Gasteiger partial charge in [-0.2, -0.15) is 0 Å². The smallest absolute Gasteiger partial charge is 0.374 e. The van der Waals surface area contributed by atoms with Crippen LogP contribution < -0.4 is 0 Å². The number of hydrogen-bond acceptors (Lipinski definition) is 5. The van der Waals surface area contributed by atoms with Crippen molar-refractivity contribution in [2.45, 2.75) is 13.5 Å². The number of aromatic nitrogens is 1. The zero-order valence-electron chi connectivity index (χ0n) is 10.2. The molecule has 0 aliphatic heterocycles. The average molecular weight is 280 g/mol. The maximum Gasteiger partial charge on any atom is 0.374 e. The molecule has 0 atom stereocenters. The first-order valence-electron chi connectivity index (χ1n) is 5.63. The highest BCUT2D eigenvalue weighted by Gasteiger charge is 2.21. The van der Waals surface area contributed by atoms with Crippen LogP contribution in [0.2, 0.25) is 0 Å². The van der Waals surface area contributed by atoms with Crippen LogP contribution in [0.3, 0.4) is 0 Å². The molecule has 0 saturated carbocycles. The summed E-state index contributed by atoms with van der Waals surface area (Å²) in [5.41, 5.74) is 0.0100. The zero-order valence-corrected chi connectivity index (χ0v) is 11.0. The van der Waals surface area contributed by atoms with Gasteiger partial charge in [-0.15, -0.1) is 11.3 Å². The average Bonchev–Trinajstić information content (AvgIpc) is 3.06. The van der Waals surface area contributed by atoms with Gasteiger partial charge in [0.1, 0.15) is 0 Å². The SMILES string of the molecule is CCN(Cc1cccs1)C(=O)c1cc(C(=O)O)on1. The van der Waals surface area contributed by atoms with E-state index in [0.717, 1.165) is 10.9 Å². The third kappa shape index (κ3) is 3.00. The van der Waals surface area contributed by atoms with Crippen molar-refractivity contribution in [2.24, 2.45) is 0 Å². The number of hydrogen-bond donors (Lipinski definition) is 1. The van der Waals surface area contributed by atoms with E-state index in [9.17, 15) is 9.59 Å². The van der Waals surface area contributed by atoms with E-state index in [4.69, 9.17) is 5.11 Å². The molecule has 1 amide bonds. The lowest BCUT2D eigenvalue weighted by molar-refractivity contribution is 0.0648. The van der Waals surface area contributed by atoms with E-state index in [0.29, 0.717) is 13.1 Å².